The number of carbonyl (C=O) groups is 1. The van der Waals surface area contributed by atoms with Crippen LogP contribution in [0.2, 0.25) is 0 Å². The molecule has 0 heterocycles. The van der Waals surface area contributed by atoms with Crippen LogP contribution in [0.4, 0.5) is 22.0 Å². The summed E-state index contributed by atoms with van der Waals surface area (Å²) in [5.41, 5.74) is -1.18. The summed E-state index contributed by atoms with van der Waals surface area (Å²) >= 11 is 0. The summed E-state index contributed by atoms with van der Waals surface area (Å²) in [7, 11) is 0. The van der Waals surface area contributed by atoms with Gasteiger partial charge in [-0.25, -0.2) is 0 Å². The minimum Gasteiger partial charge on any atom is -0.426 e. The molecule has 0 aromatic heterocycles. The Balaban J connectivity index is 1.90. The maximum absolute atomic E-state index is 13.2. The quantitative estimate of drug-likeness (QED) is 0.333. The third-order valence-corrected chi connectivity index (χ3v) is 4.94. The summed E-state index contributed by atoms with van der Waals surface area (Å²) < 4.78 is 68.7. The molecule has 0 aliphatic heterocycles. The number of halogens is 5. The lowest BCUT2D eigenvalue weighted by atomic mass is 9.80. The van der Waals surface area contributed by atoms with E-state index in [1.807, 2.05) is 0 Å². The molecule has 2 nitrogen and oxygen atoms in total. The molecule has 1 saturated carbocycles. The first-order valence-electron chi connectivity index (χ1n) is 8.92. The normalized spacial score (nSPS) is 21.5. The fraction of sp³-hybridized carbons (Fsp3) is 0.632. The Morgan fingerprint density at radius 3 is 2.12 bits per heavy atom. The molecule has 0 atom stereocenters. The van der Waals surface area contributed by atoms with E-state index in [2.05, 4.69) is 6.92 Å². The second-order valence-corrected chi connectivity index (χ2v) is 6.88. The first kappa shape index (κ1) is 20.6. The van der Waals surface area contributed by atoms with Gasteiger partial charge in [0.15, 0.2) is 0 Å². The van der Waals surface area contributed by atoms with Crippen LogP contribution in [0.5, 0.6) is 5.75 Å². The maximum atomic E-state index is 13.2. The lowest BCUT2D eigenvalue weighted by Crippen LogP contribution is -2.33. The summed E-state index contributed by atoms with van der Waals surface area (Å²) in [6, 6.07) is 3.22. The largest absolute Gasteiger partial charge is 0.458 e. The Morgan fingerprint density at radius 2 is 1.62 bits per heavy atom. The van der Waals surface area contributed by atoms with E-state index in [9.17, 15) is 26.7 Å². The van der Waals surface area contributed by atoms with Gasteiger partial charge < -0.3 is 4.74 Å². The van der Waals surface area contributed by atoms with Gasteiger partial charge in [0.2, 0.25) is 0 Å². The highest BCUT2D eigenvalue weighted by Crippen LogP contribution is 2.44. The van der Waals surface area contributed by atoms with Crippen molar-refractivity contribution in [3.8, 4) is 5.75 Å². The van der Waals surface area contributed by atoms with Gasteiger partial charge in [-0.1, -0.05) is 26.2 Å². The summed E-state index contributed by atoms with van der Waals surface area (Å²) in [6.07, 6.45) is 1.16. The second kappa shape index (κ2) is 8.35. The summed E-state index contributed by atoms with van der Waals surface area (Å²) in [6.45, 7) is 2.14. The first-order chi connectivity index (χ1) is 12.1. The van der Waals surface area contributed by atoms with E-state index in [0.29, 0.717) is 18.1 Å². The van der Waals surface area contributed by atoms with Crippen LogP contribution in [0, 0.1) is 11.8 Å². The molecule has 146 valence electrons. The molecule has 0 saturated heterocycles. The fourth-order valence-electron chi connectivity index (χ4n) is 3.28. The predicted octanol–water partition coefficient (Wildman–Crippen LogP) is 6.24. The van der Waals surface area contributed by atoms with Gasteiger partial charge in [0.05, 0.1) is 5.92 Å². The molecular weight excluding hydrogens is 355 g/mol. The first-order valence-corrected chi connectivity index (χ1v) is 8.92. The molecule has 0 unspecified atom stereocenters. The Hall–Kier alpha value is -1.66. The summed E-state index contributed by atoms with van der Waals surface area (Å²) in [4.78, 5) is 12.2. The topological polar surface area (TPSA) is 26.3 Å². The Kier molecular flexibility index (Phi) is 6.64. The lowest BCUT2D eigenvalue weighted by molar-refractivity contribution is -0.289. The average molecular weight is 378 g/mol. The number of benzene rings is 1. The van der Waals surface area contributed by atoms with Crippen LogP contribution in [0.3, 0.4) is 0 Å². The molecule has 0 radical (unpaired) electrons. The standard InChI is InChI=1S/C19H23F5O2/c1-2-3-4-13-5-7-14(8-6-13)17(25)26-16-11-9-15(10-12-16)18(20,21)19(22,23)24/h9-14H,2-8H2,1H3/t13-,14-. The van der Waals surface area contributed by atoms with Crippen LogP contribution in [0.15, 0.2) is 24.3 Å². The van der Waals surface area contributed by atoms with Gasteiger partial charge in [-0.15, -0.1) is 0 Å². The zero-order valence-electron chi connectivity index (χ0n) is 14.6. The molecular formula is C19H23F5O2. The van der Waals surface area contributed by atoms with Gasteiger partial charge >= 0.3 is 18.1 Å². The molecule has 1 aromatic rings. The number of unbranched alkanes of at least 4 members (excludes halogenated alkanes) is 1. The molecule has 1 aromatic carbocycles. The SMILES string of the molecule is CCCC[C@H]1CC[C@H](C(=O)Oc2ccc(C(F)(F)C(F)(F)F)cc2)CC1. The Labute approximate surface area is 149 Å². The van der Waals surface area contributed by atoms with Crippen LogP contribution >= 0.6 is 0 Å². The van der Waals surface area contributed by atoms with E-state index >= 15 is 0 Å². The smallest absolute Gasteiger partial charge is 0.426 e. The molecule has 0 N–H and O–H groups in total. The highest BCUT2D eigenvalue weighted by Gasteiger charge is 2.58. The molecule has 0 spiro atoms. The number of hydrogen-bond acceptors (Lipinski definition) is 2. The molecule has 7 heteroatoms. The van der Waals surface area contributed by atoms with Crippen molar-refractivity contribution in [1.29, 1.82) is 0 Å². The molecule has 1 aliphatic rings. The van der Waals surface area contributed by atoms with Crippen LogP contribution in [0.1, 0.15) is 57.4 Å². The minimum atomic E-state index is -5.67. The zero-order valence-corrected chi connectivity index (χ0v) is 14.6. The molecule has 1 fully saturated rings. The zero-order chi connectivity index (χ0) is 19.4. The van der Waals surface area contributed by atoms with Crippen molar-refractivity contribution >= 4 is 5.97 Å². The second-order valence-electron chi connectivity index (χ2n) is 6.88. The molecule has 1 aliphatic carbocycles. The van der Waals surface area contributed by atoms with Crippen LogP contribution < -0.4 is 4.74 Å². The third kappa shape index (κ3) is 4.95. The monoisotopic (exact) mass is 378 g/mol. The van der Waals surface area contributed by atoms with Crippen LogP contribution in [0.25, 0.3) is 0 Å². The van der Waals surface area contributed by atoms with Gasteiger partial charge in [0, 0.05) is 5.56 Å². The van der Waals surface area contributed by atoms with E-state index in [1.165, 1.54) is 6.42 Å². The Bertz CT molecular complexity index is 587. The highest BCUT2D eigenvalue weighted by atomic mass is 19.4. The number of alkyl halides is 5. The van der Waals surface area contributed by atoms with Gasteiger partial charge in [0.25, 0.3) is 0 Å². The van der Waals surface area contributed by atoms with Gasteiger partial charge in [-0.05, 0) is 55.9 Å². The van der Waals surface area contributed by atoms with Crippen LogP contribution in [-0.2, 0) is 10.7 Å². The van der Waals surface area contributed by atoms with E-state index in [-0.39, 0.29) is 11.7 Å². The number of ether oxygens (including phenoxy) is 1. The van der Waals surface area contributed by atoms with Crippen molar-refractivity contribution in [2.45, 2.75) is 64.0 Å². The van der Waals surface area contributed by atoms with Gasteiger partial charge in [-0.2, -0.15) is 22.0 Å². The molecule has 0 bridgehead atoms. The Morgan fingerprint density at radius 1 is 1.04 bits per heavy atom. The number of esters is 1. The van der Waals surface area contributed by atoms with E-state index in [1.54, 1.807) is 0 Å². The third-order valence-electron chi connectivity index (χ3n) is 4.94. The van der Waals surface area contributed by atoms with Crippen molar-refractivity contribution in [2.24, 2.45) is 11.8 Å². The van der Waals surface area contributed by atoms with E-state index < -0.39 is 23.6 Å². The fourth-order valence-corrected chi connectivity index (χ4v) is 3.28. The van der Waals surface area contributed by atoms with Crippen molar-refractivity contribution in [3.05, 3.63) is 29.8 Å². The highest BCUT2D eigenvalue weighted by molar-refractivity contribution is 5.75. The van der Waals surface area contributed by atoms with Crippen molar-refractivity contribution in [2.75, 3.05) is 0 Å². The summed E-state index contributed by atoms with van der Waals surface area (Å²) in [5, 5.41) is 0. The van der Waals surface area contributed by atoms with Crippen molar-refractivity contribution < 1.29 is 31.5 Å². The van der Waals surface area contributed by atoms with E-state index in [0.717, 1.165) is 50.7 Å². The van der Waals surface area contributed by atoms with Crippen molar-refractivity contribution in [3.63, 3.8) is 0 Å². The molecule has 26 heavy (non-hydrogen) atoms. The van der Waals surface area contributed by atoms with Gasteiger partial charge in [-0.3, -0.25) is 4.79 Å². The maximum Gasteiger partial charge on any atom is 0.458 e. The van der Waals surface area contributed by atoms with Crippen LogP contribution in [-0.4, -0.2) is 12.1 Å². The number of hydrogen-bond donors (Lipinski definition) is 0. The minimum absolute atomic E-state index is 0.0233. The summed E-state index contributed by atoms with van der Waals surface area (Å²) in [5.74, 6) is -5.03. The average Bonchev–Trinajstić information content (AvgIpc) is 2.60. The predicted molar refractivity (Wildman–Crippen MR) is 87.0 cm³/mol. The number of carbonyl (C=O) groups excluding carboxylic acids is 1. The van der Waals surface area contributed by atoms with E-state index in [4.69, 9.17) is 4.74 Å². The molecule has 0 amide bonds. The molecule has 2 rings (SSSR count). The van der Waals surface area contributed by atoms with Crippen molar-refractivity contribution in [1.82, 2.24) is 0 Å². The number of rotatable bonds is 6. The lowest BCUT2D eigenvalue weighted by Gasteiger charge is -2.27. The van der Waals surface area contributed by atoms with Gasteiger partial charge in [0.1, 0.15) is 5.75 Å².